The number of carbonyl (C=O) groups is 1. The molecule has 0 spiro atoms. The molecule has 0 aromatic heterocycles. The van der Waals surface area contributed by atoms with Crippen LogP contribution in [0.2, 0.25) is 0 Å². The van der Waals surface area contributed by atoms with E-state index < -0.39 is 10.0 Å². The Balaban J connectivity index is 1.93. The average Bonchev–Trinajstić information content (AvgIpc) is 2.46. The maximum Gasteiger partial charge on any atom is 0.305 e. The van der Waals surface area contributed by atoms with Gasteiger partial charge in [0.1, 0.15) is 0 Å². The zero-order valence-electron chi connectivity index (χ0n) is 13.0. The monoisotopic (exact) mass is 318 g/mol. The van der Waals surface area contributed by atoms with Gasteiger partial charge < -0.3 is 4.74 Å². The molecule has 2 heterocycles. The van der Waals surface area contributed by atoms with Crippen molar-refractivity contribution in [3.63, 3.8) is 0 Å². The maximum absolute atomic E-state index is 12.5. The number of hydrogen-bond donors (Lipinski definition) is 0. The Labute approximate surface area is 127 Å². The third-order valence-corrected chi connectivity index (χ3v) is 6.53. The number of piperidine rings is 1. The number of nitrogens with zero attached hydrogens (tertiary/aromatic N) is 2. The number of esters is 1. The molecular formula is C14H26N2O4S. The highest BCUT2D eigenvalue weighted by Crippen LogP contribution is 2.26. The number of hydrogen-bond acceptors (Lipinski definition) is 5. The lowest BCUT2D eigenvalue weighted by atomic mass is 9.99. The van der Waals surface area contributed by atoms with Crippen molar-refractivity contribution in [1.29, 1.82) is 0 Å². The highest BCUT2D eigenvalue weighted by atomic mass is 32.2. The van der Waals surface area contributed by atoms with Gasteiger partial charge in [-0.25, -0.2) is 8.42 Å². The molecule has 2 fully saturated rings. The molecule has 0 aromatic carbocycles. The second-order valence-electron chi connectivity index (χ2n) is 6.06. The Kier molecular flexibility index (Phi) is 5.62. The van der Waals surface area contributed by atoms with E-state index in [4.69, 9.17) is 0 Å². The van der Waals surface area contributed by atoms with Crippen LogP contribution >= 0.6 is 0 Å². The van der Waals surface area contributed by atoms with E-state index in [-0.39, 0.29) is 24.2 Å². The van der Waals surface area contributed by atoms with E-state index in [1.165, 1.54) is 20.0 Å². The first-order chi connectivity index (χ1) is 9.94. The van der Waals surface area contributed by atoms with Crippen LogP contribution < -0.4 is 0 Å². The van der Waals surface area contributed by atoms with E-state index in [9.17, 15) is 13.2 Å². The summed E-state index contributed by atoms with van der Waals surface area (Å²) in [5.41, 5.74) is 0. The second kappa shape index (κ2) is 7.07. The minimum Gasteiger partial charge on any atom is -0.469 e. The number of fused-ring (bicyclic) bond motifs is 1. The van der Waals surface area contributed by atoms with Gasteiger partial charge in [0.25, 0.3) is 0 Å². The molecule has 6 nitrogen and oxygen atoms in total. The lowest BCUT2D eigenvalue weighted by Crippen LogP contribution is -2.60. The summed E-state index contributed by atoms with van der Waals surface area (Å²) in [6.45, 7) is 4.48. The van der Waals surface area contributed by atoms with E-state index in [1.54, 1.807) is 4.31 Å². The van der Waals surface area contributed by atoms with E-state index in [0.717, 1.165) is 19.5 Å². The van der Waals surface area contributed by atoms with Gasteiger partial charge in [-0.05, 0) is 32.7 Å². The van der Waals surface area contributed by atoms with Crippen molar-refractivity contribution in [3.8, 4) is 0 Å². The third-order valence-electron chi connectivity index (χ3n) is 4.50. The molecule has 0 bridgehead atoms. The molecule has 122 valence electrons. The molecule has 0 aliphatic carbocycles. The van der Waals surface area contributed by atoms with Crippen molar-refractivity contribution in [1.82, 2.24) is 9.21 Å². The molecule has 2 aliphatic rings. The molecule has 2 atom stereocenters. The Morgan fingerprint density at radius 3 is 2.76 bits per heavy atom. The van der Waals surface area contributed by atoms with Gasteiger partial charge in [-0.1, -0.05) is 6.42 Å². The number of rotatable bonds is 5. The number of ether oxygens (including phenoxy) is 1. The van der Waals surface area contributed by atoms with E-state index >= 15 is 0 Å². The number of methoxy groups -OCH3 is 1. The zero-order valence-corrected chi connectivity index (χ0v) is 13.8. The summed E-state index contributed by atoms with van der Waals surface area (Å²) < 4.78 is 31.2. The standard InChI is InChI=1S/C14H26N2O4S/c1-12-10-15-8-4-3-6-13(15)11-16(12)21(18,19)9-5-7-14(17)20-2/h12-13H,3-11H2,1-2H3. The van der Waals surface area contributed by atoms with Gasteiger partial charge in [0.05, 0.1) is 12.9 Å². The van der Waals surface area contributed by atoms with Gasteiger partial charge in [-0.15, -0.1) is 0 Å². The largest absolute Gasteiger partial charge is 0.469 e. The van der Waals surface area contributed by atoms with Gasteiger partial charge in [0, 0.05) is 31.6 Å². The summed E-state index contributed by atoms with van der Waals surface area (Å²) in [4.78, 5) is 13.5. The molecule has 0 saturated carbocycles. The molecule has 0 aromatic rings. The van der Waals surface area contributed by atoms with Gasteiger partial charge in [0.15, 0.2) is 0 Å². The lowest BCUT2D eigenvalue weighted by Gasteiger charge is -2.46. The molecule has 2 saturated heterocycles. The molecule has 2 unspecified atom stereocenters. The fraction of sp³-hybridized carbons (Fsp3) is 0.929. The Morgan fingerprint density at radius 2 is 2.05 bits per heavy atom. The normalized spacial score (nSPS) is 28.1. The Morgan fingerprint density at radius 1 is 1.29 bits per heavy atom. The van der Waals surface area contributed by atoms with Crippen LogP contribution in [0.4, 0.5) is 0 Å². The van der Waals surface area contributed by atoms with Crippen LogP contribution in [-0.4, -0.2) is 68.2 Å². The molecule has 0 radical (unpaired) electrons. The Hall–Kier alpha value is -0.660. The predicted octanol–water partition coefficient (Wildman–Crippen LogP) is 0.828. The molecule has 2 aliphatic heterocycles. The van der Waals surface area contributed by atoms with Gasteiger partial charge >= 0.3 is 5.97 Å². The van der Waals surface area contributed by atoms with Crippen molar-refractivity contribution in [2.24, 2.45) is 0 Å². The quantitative estimate of drug-likeness (QED) is 0.702. The maximum atomic E-state index is 12.5. The summed E-state index contributed by atoms with van der Waals surface area (Å²) in [5.74, 6) is -0.325. The van der Waals surface area contributed by atoms with Crippen molar-refractivity contribution in [2.45, 2.75) is 51.1 Å². The van der Waals surface area contributed by atoms with Crippen LogP contribution in [0.25, 0.3) is 0 Å². The van der Waals surface area contributed by atoms with Crippen LogP contribution in [0.5, 0.6) is 0 Å². The summed E-state index contributed by atoms with van der Waals surface area (Å²) in [6.07, 6.45) is 3.97. The second-order valence-corrected chi connectivity index (χ2v) is 8.10. The SMILES string of the molecule is COC(=O)CCCS(=O)(=O)N1CC2CCCCN2CC1C. The summed E-state index contributed by atoms with van der Waals surface area (Å²) in [5, 5.41) is 0. The summed E-state index contributed by atoms with van der Waals surface area (Å²) in [7, 11) is -1.97. The van der Waals surface area contributed by atoms with Crippen molar-refractivity contribution >= 4 is 16.0 Å². The van der Waals surface area contributed by atoms with Gasteiger partial charge in [-0.3, -0.25) is 9.69 Å². The first kappa shape index (κ1) is 16.7. The van der Waals surface area contributed by atoms with Crippen LogP contribution in [0, 0.1) is 0 Å². The molecule has 0 amide bonds. The molecule has 2 rings (SSSR count). The Bertz CT molecular complexity index is 466. The minimum atomic E-state index is -3.29. The lowest BCUT2D eigenvalue weighted by molar-refractivity contribution is -0.140. The van der Waals surface area contributed by atoms with Crippen molar-refractivity contribution < 1.29 is 17.9 Å². The fourth-order valence-corrected chi connectivity index (χ4v) is 5.09. The topological polar surface area (TPSA) is 66.9 Å². The minimum absolute atomic E-state index is 0.0162. The highest BCUT2D eigenvalue weighted by Gasteiger charge is 2.38. The van der Waals surface area contributed by atoms with Gasteiger partial charge in [0.2, 0.25) is 10.0 Å². The molecule has 7 heteroatoms. The van der Waals surface area contributed by atoms with Gasteiger partial charge in [-0.2, -0.15) is 4.31 Å². The molecule has 0 N–H and O–H groups in total. The number of carbonyl (C=O) groups excluding carboxylic acids is 1. The first-order valence-electron chi connectivity index (χ1n) is 7.74. The number of sulfonamides is 1. The first-order valence-corrected chi connectivity index (χ1v) is 9.35. The van der Waals surface area contributed by atoms with Crippen LogP contribution in [0.3, 0.4) is 0 Å². The van der Waals surface area contributed by atoms with E-state index in [0.29, 0.717) is 19.0 Å². The highest BCUT2D eigenvalue weighted by molar-refractivity contribution is 7.89. The van der Waals surface area contributed by atoms with Crippen LogP contribution in [0.15, 0.2) is 0 Å². The van der Waals surface area contributed by atoms with Crippen LogP contribution in [0.1, 0.15) is 39.0 Å². The fourth-order valence-electron chi connectivity index (χ4n) is 3.33. The molecule has 21 heavy (non-hydrogen) atoms. The van der Waals surface area contributed by atoms with Crippen molar-refractivity contribution in [2.75, 3.05) is 32.5 Å². The smallest absolute Gasteiger partial charge is 0.305 e. The molecular weight excluding hydrogens is 292 g/mol. The van der Waals surface area contributed by atoms with E-state index in [2.05, 4.69) is 9.64 Å². The van der Waals surface area contributed by atoms with Crippen molar-refractivity contribution in [3.05, 3.63) is 0 Å². The summed E-state index contributed by atoms with van der Waals surface area (Å²) in [6, 6.07) is 0.382. The third kappa shape index (κ3) is 4.17. The predicted molar refractivity (Wildman–Crippen MR) is 80.4 cm³/mol. The van der Waals surface area contributed by atoms with Crippen LogP contribution in [-0.2, 0) is 19.6 Å². The zero-order chi connectivity index (χ0) is 15.5. The summed E-state index contributed by atoms with van der Waals surface area (Å²) >= 11 is 0. The van der Waals surface area contributed by atoms with E-state index in [1.807, 2.05) is 6.92 Å². The average molecular weight is 318 g/mol. The number of piperazine rings is 1.